The Morgan fingerprint density at radius 2 is 1.75 bits per heavy atom. The number of hydrogen-bond donors (Lipinski definition) is 0. The maximum atomic E-state index is 11.1. The number of ether oxygens (including phenoxy) is 1. The van der Waals surface area contributed by atoms with E-state index in [0.717, 1.165) is 17.7 Å². The molecule has 0 atom stereocenters. The van der Waals surface area contributed by atoms with E-state index >= 15 is 0 Å². The van der Waals surface area contributed by atoms with Crippen molar-refractivity contribution in [3.63, 3.8) is 0 Å². The predicted octanol–water partition coefficient (Wildman–Crippen LogP) is 0.913. The second kappa shape index (κ2) is 7.15. The fourth-order valence-corrected chi connectivity index (χ4v) is 1.21. The van der Waals surface area contributed by atoms with E-state index < -0.39 is 11.9 Å². The van der Waals surface area contributed by atoms with E-state index in [0.29, 0.717) is 26.2 Å². The molecule has 16 heavy (non-hydrogen) atoms. The van der Waals surface area contributed by atoms with Crippen LogP contribution in [0.15, 0.2) is 42.5 Å². The second-order valence-electron chi connectivity index (χ2n) is 2.85. The summed E-state index contributed by atoms with van der Waals surface area (Å²) in [5.41, 5.74) is 0.898. The molecule has 0 bridgehead atoms. The number of hydrogen-bond acceptors (Lipinski definition) is 4. The molecule has 3 radical (unpaired) electrons. The summed E-state index contributed by atoms with van der Waals surface area (Å²) in [5, 5.41) is 0. The number of carbonyl (C=O) groups excluding carboxylic acids is 2. The van der Waals surface area contributed by atoms with Crippen molar-refractivity contribution >= 4 is 38.2 Å². The monoisotopic (exact) mass is 413 g/mol. The van der Waals surface area contributed by atoms with Gasteiger partial charge in [-0.05, 0) is 0 Å². The summed E-state index contributed by atoms with van der Waals surface area (Å²) in [5.74, 6) is -1.08. The molecule has 0 fully saturated rings. The van der Waals surface area contributed by atoms with Crippen LogP contribution in [0.1, 0.15) is 5.56 Å². The van der Waals surface area contributed by atoms with E-state index in [1.807, 2.05) is 30.3 Å². The molecule has 5 heteroatoms. The van der Waals surface area contributed by atoms with Gasteiger partial charge in [0.25, 0.3) is 0 Å². The van der Waals surface area contributed by atoms with Crippen LogP contribution in [0.3, 0.4) is 0 Å². The molecule has 0 aromatic heterocycles. The van der Waals surface area contributed by atoms with Crippen molar-refractivity contribution in [3.05, 3.63) is 48.0 Å². The minimum absolute atomic E-state index is 0.194. The average molecular weight is 412 g/mol. The molecular formula is C11H9O4Pb. The summed E-state index contributed by atoms with van der Waals surface area (Å²) < 4.78 is 9.37. The Labute approximate surface area is 110 Å². The van der Waals surface area contributed by atoms with Gasteiger partial charge in [0, 0.05) is 0 Å². The fraction of sp³-hybridized carbons (Fsp3) is 0.0909. The van der Waals surface area contributed by atoms with Crippen LogP contribution >= 0.6 is 0 Å². The molecule has 1 aromatic carbocycles. The van der Waals surface area contributed by atoms with Crippen LogP contribution in [-0.2, 0) is 23.6 Å². The Balaban J connectivity index is 2.36. The van der Waals surface area contributed by atoms with Crippen LogP contribution in [0.2, 0.25) is 0 Å². The van der Waals surface area contributed by atoms with Crippen LogP contribution in [0.5, 0.6) is 0 Å². The molecular weight excluding hydrogens is 403 g/mol. The van der Waals surface area contributed by atoms with Gasteiger partial charge in [-0.15, -0.1) is 0 Å². The number of rotatable bonds is 4. The third-order valence-corrected chi connectivity index (χ3v) is 2.46. The SMILES string of the molecule is O=C(/C=C/C(=O)OCc1ccccc1)[O][Pb]. The molecule has 0 aliphatic rings. The van der Waals surface area contributed by atoms with Crippen LogP contribution in [0.4, 0.5) is 0 Å². The zero-order valence-corrected chi connectivity index (χ0v) is 12.3. The Morgan fingerprint density at radius 3 is 2.38 bits per heavy atom. The first-order chi connectivity index (χ1) is 7.72. The third kappa shape index (κ3) is 5.06. The maximum absolute atomic E-state index is 11.1. The van der Waals surface area contributed by atoms with Crippen LogP contribution < -0.4 is 0 Å². The summed E-state index contributed by atoms with van der Waals surface area (Å²) in [4.78, 5) is 21.8. The summed E-state index contributed by atoms with van der Waals surface area (Å²) in [7, 11) is 0. The van der Waals surface area contributed by atoms with Crippen molar-refractivity contribution in [2.24, 2.45) is 0 Å². The van der Waals surface area contributed by atoms with Crippen LogP contribution in [-0.4, -0.2) is 38.2 Å². The van der Waals surface area contributed by atoms with E-state index in [9.17, 15) is 9.59 Å². The Hall–Kier alpha value is -1.18. The predicted molar refractivity (Wildman–Crippen MR) is 57.2 cm³/mol. The second-order valence-corrected chi connectivity index (χ2v) is 3.64. The van der Waals surface area contributed by atoms with Crippen LogP contribution in [0.25, 0.3) is 0 Å². The number of benzene rings is 1. The zero-order valence-electron chi connectivity index (χ0n) is 8.38. The average Bonchev–Trinajstić information content (AvgIpc) is 2.34. The molecule has 1 rings (SSSR count). The van der Waals surface area contributed by atoms with Crippen molar-refractivity contribution in [1.82, 2.24) is 0 Å². The van der Waals surface area contributed by atoms with Crippen molar-refractivity contribution in [3.8, 4) is 0 Å². The van der Waals surface area contributed by atoms with Crippen molar-refractivity contribution < 1.29 is 17.0 Å². The van der Waals surface area contributed by atoms with Gasteiger partial charge in [-0.3, -0.25) is 0 Å². The molecule has 81 valence electrons. The minimum atomic E-state index is -0.559. The van der Waals surface area contributed by atoms with Gasteiger partial charge in [-0.1, -0.05) is 0 Å². The van der Waals surface area contributed by atoms with E-state index in [2.05, 4.69) is 2.69 Å². The van der Waals surface area contributed by atoms with Gasteiger partial charge in [0.1, 0.15) is 0 Å². The van der Waals surface area contributed by atoms with Gasteiger partial charge in [0.15, 0.2) is 0 Å². The molecule has 0 aliphatic carbocycles. The van der Waals surface area contributed by atoms with Gasteiger partial charge in [-0.2, -0.15) is 0 Å². The van der Waals surface area contributed by atoms with Crippen molar-refractivity contribution in [2.45, 2.75) is 6.61 Å². The molecule has 0 saturated carbocycles. The van der Waals surface area contributed by atoms with Gasteiger partial charge >= 0.3 is 110 Å². The first-order valence-electron chi connectivity index (χ1n) is 4.48. The quantitative estimate of drug-likeness (QED) is 0.419. The molecule has 0 aliphatic heterocycles. The van der Waals surface area contributed by atoms with Crippen molar-refractivity contribution in [1.29, 1.82) is 0 Å². The molecule has 0 spiro atoms. The van der Waals surface area contributed by atoms with E-state index in [1.165, 1.54) is 0 Å². The Kier molecular flexibility index (Phi) is 5.76. The molecule has 0 unspecified atom stereocenters. The molecule has 0 N–H and O–H groups in total. The van der Waals surface area contributed by atoms with Crippen LogP contribution in [0, 0.1) is 0 Å². The number of carbonyl (C=O) groups is 2. The van der Waals surface area contributed by atoms with Gasteiger partial charge in [0.05, 0.1) is 0 Å². The summed E-state index contributed by atoms with van der Waals surface area (Å²) in [6, 6.07) is 9.30. The summed E-state index contributed by atoms with van der Waals surface area (Å²) in [6.07, 6.45) is 2.11. The van der Waals surface area contributed by atoms with Crippen molar-refractivity contribution in [2.75, 3.05) is 0 Å². The normalized spacial score (nSPS) is 10.1. The molecule has 4 nitrogen and oxygen atoms in total. The first-order valence-corrected chi connectivity index (χ1v) is 6.07. The standard InChI is InChI=1S/C11H10O4.Pb/c12-10(13)6-7-11(14)15-8-9-4-2-1-3-5-9;/h1-7H,8H2,(H,12,13);/q;+1/p-1/b7-6+;. The van der Waals surface area contributed by atoms with E-state index in [-0.39, 0.29) is 6.61 Å². The Morgan fingerprint density at radius 1 is 1.12 bits per heavy atom. The molecule has 0 amide bonds. The van der Waals surface area contributed by atoms with E-state index in [4.69, 9.17) is 4.74 Å². The molecule has 0 saturated heterocycles. The Bertz CT molecular complexity index is 386. The third-order valence-electron chi connectivity index (χ3n) is 1.68. The molecule has 1 aromatic rings. The first kappa shape index (κ1) is 12.9. The fourth-order valence-electron chi connectivity index (χ4n) is 0.947. The van der Waals surface area contributed by atoms with Gasteiger partial charge in [0.2, 0.25) is 0 Å². The topological polar surface area (TPSA) is 52.6 Å². The van der Waals surface area contributed by atoms with Gasteiger partial charge < -0.3 is 0 Å². The zero-order chi connectivity index (χ0) is 11.8. The summed E-state index contributed by atoms with van der Waals surface area (Å²) in [6.45, 7) is 0.194. The molecule has 0 heterocycles. The van der Waals surface area contributed by atoms with Gasteiger partial charge in [-0.25, -0.2) is 0 Å². The number of esters is 1. The summed E-state index contributed by atoms with van der Waals surface area (Å²) >= 11 is 0.312. The van der Waals surface area contributed by atoms with E-state index in [1.54, 1.807) is 0 Å².